The smallest absolute Gasteiger partial charge is 0.336 e. The summed E-state index contributed by atoms with van der Waals surface area (Å²) < 4.78 is 6.15. The van der Waals surface area contributed by atoms with E-state index in [4.69, 9.17) is 9.72 Å². The highest BCUT2D eigenvalue weighted by Gasteiger charge is 2.19. The highest BCUT2D eigenvalue weighted by atomic mass is 16.5. The second kappa shape index (κ2) is 10.6. The molecule has 33 heavy (non-hydrogen) atoms. The molecule has 1 aromatic heterocycles. The molecule has 2 aromatic carbocycles. The van der Waals surface area contributed by atoms with E-state index >= 15 is 0 Å². The van der Waals surface area contributed by atoms with Crippen LogP contribution in [0.1, 0.15) is 46.0 Å². The van der Waals surface area contributed by atoms with Crippen LogP contribution in [0.2, 0.25) is 0 Å². The third-order valence-corrected chi connectivity index (χ3v) is 6.42. The molecule has 0 N–H and O–H groups in total. The molecule has 4 rings (SSSR count). The van der Waals surface area contributed by atoms with Crippen molar-refractivity contribution >= 4 is 11.4 Å². The Balaban J connectivity index is 1.70. The standard InChI is InChI=1S/C27H35N5O/c1-5-32(6-2)23-18-14-21(15-19-23)26-25(20-12-16-22(17-13-20)31(3)4)28-27(30-29-26)33-24-10-8-7-9-11-24/h12-19,24H,5-11H2,1-4H3. The Bertz CT molecular complexity index is 1020. The fraction of sp³-hybridized carbons (Fsp3) is 0.444. The van der Waals surface area contributed by atoms with E-state index in [1.807, 2.05) is 14.1 Å². The first-order valence-corrected chi connectivity index (χ1v) is 12.1. The maximum absolute atomic E-state index is 6.15. The van der Waals surface area contributed by atoms with Gasteiger partial charge in [0.1, 0.15) is 17.5 Å². The summed E-state index contributed by atoms with van der Waals surface area (Å²) >= 11 is 0. The average Bonchev–Trinajstić information content (AvgIpc) is 2.86. The lowest BCUT2D eigenvalue weighted by Gasteiger charge is -2.22. The predicted molar refractivity (Wildman–Crippen MR) is 136 cm³/mol. The zero-order valence-electron chi connectivity index (χ0n) is 20.3. The number of ether oxygens (including phenoxy) is 1. The van der Waals surface area contributed by atoms with Crippen molar-refractivity contribution in [3.8, 4) is 28.5 Å². The average molecular weight is 446 g/mol. The van der Waals surface area contributed by atoms with Crippen LogP contribution in [0.4, 0.5) is 11.4 Å². The van der Waals surface area contributed by atoms with Crippen molar-refractivity contribution < 1.29 is 4.74 Å². The van der Waals surface area contributed by atoms with Gasteiger partial charge in [0.05, 0.1) is 0 Å². The quantitative estimate of drug-likeness (QED) is 0.435. The van der Waals surface area contributed by atoms with E-state index in [2.05, 4.69) is 82.4 Å². The van der Waals surface area contributed by atoms with Crippen LogP contribution in [0.5, 0.6) is 6.01 Å². The van der Waals surface area contributed by atoms with Gasteiger partial charge in [-0.15, -0.1) is 5.10 Å². The number of benzene rings is 2. The van der Waals surface area contributed by atoms with Gasteiger partial charge in [-0.3, -0.25) is 0 Å². The Morgan fingerprint density at radius 2 is 1.33 bits per heavy atom. The van der Waals surface area contributed by atoms with E-state index < -0.39 is 0 Å². The van der Waals surface area contributed by atoms with Gasteiger partial charge in [-0.25, -0.2) is 0 Å². The third-order valence-electron chi connectivity index (χ3n) is 6.42. The number of aromatic nitrogens is 3. The second-order valence-corrected chi connectivity index (χ2v) is 8.83. The van der Waals surface area contributed by atoms with E-state index in [9.17, 15) is 0 Å². The molecule has 0 amide bonds. The summed E-state index contributed by atoms with van der Waals surface area (Å²) in [5, 5.41) is 8.97. The Kier molecular flexibility index (Phi) is 7.43. The maximum Gasteiger partial charge on any atom is 0.336 e. The lowest BCUT2D eigenvalue weighted by molar-refractivity contribution is 0.140. The van der Waals surface area contributed by atoms with E-state index in [0.717, 1.165) is 54.1 Å². The molecule has 6 heteroatoms. The van der Waals surface area contributed by atoms with Gasteiger partial charge in [0.25, 0.3) is 0 Å². The maximum atomic E-state index is 6.15. The van der Waals surface area contributed by atoms with E-state index in [0.29, 0.717) is 6.01 Å². The van der Waals surface area contributed by atoms with Crippen LogP contribution in [-0.2, 0) is 0 Å². The number of nitrogens with zero attached hydrogens (tertiary/aromatic N) is 5. The summed E-state index contributed by atoms with van der Waals surface area (Å²) in [7, 11) is 4.08. The molecule has 0 aliphatic heterocycles. The van der Waals surface area contributed by atoms with Gasteiger partial charge in [-0.05, 0) is 63.8 Å². The van der Waals surface area contributed by atoms with Gasteiger partial charge >= 0.3 is 6.01 Å². The normalized spacial score (nSPS) is 14.2. The Labute approximate surface area is 197 Å². The summed E-state index contributed by atoms with van der Waals surface area (Å²) in [4.78, 5) is 9.28. The fourth-order valence-corrected chi connectivity index (χ4v) is 4.43. The molecular formula is C27H35N5O. The van der Waals surface area contributed by atoms with Gasteiger partial charge in [-0.1, -0.05) is 35.8 Å². The van der Waals surface area contributed by atoms with Crippen molar-refractivity contribution in [1.82, 2.24) is 15.2 Å². The van der Waals surface area contributed by atoms with Crippen molar-refractivity contribution in [2.24, 2.45) is 0 Å². The Hall–Kier alpha value is -3.15. The molecule has 3 aromatic rings. The highest BCUT2D eigenvalue weighted by molar-refractivity contribution is 5.79. The minimum atomic E-state index is 0.184. The van der Waals surface area contributed by atoms with Gasteiger partial charge in [0.2, 0.25) is 0 Å². The monoisotopic (exact) mass is 445 g/mol. The lowest BCUT2D eigenvalue weighted by Crippen LogP contribution is -2.21. The van der Waals surface area contributed by atoms with Crippen LogP contribution in [-0.4, -0.2) is 48.5 Å². The number of hydrogen-bond donors (Lipinski definition) is 0. The zero-order chi connectivity index (χ0) is 23.2. The largest absolute Gasteiger partial charge is 0.459 e. The molecule has 0 bridgehead atoms. The van der Waals surface area contributed by atoms with Crippen LogP contribution in [0, 0.1) is 0 Å². The SMILES string of the molecule is CCN(CC)c1ccc(-c2nnc(OC3CCCCC3)nc2-c2ccc(N(C)C)cc2)cc1. The van der Waals surface area contributed by atoms with Crippen LogP contribution < -0.4 is 14.5 Å². The number of anilines is 2. The highest BCUT2D eigenvalue weighted by Crippen LogP contribution is 2.32. The Morgan fingerprint density at radius 3 is 1.91 bits per heavy atom. The second-order valence-electron chi connectivity index (χ2n) is 8.83. The predicted octanol–water partition coefficient (Wildman–Crippen LogP) is 5.83. The van der Waals surface area contributed by atoms with Gasteiger partial charge in [-0.2, -0.15) is 4.98 Å². The lowest BCUT2D eigenvalue weighted by atomic mass is 9.98. The molecule has 1 heterocycles. The summed E-state index contributed by atoms with van der Waals surface area (Å²) in [5.41, 5.74) is 5.93. The first kappa shape index (κ1) is 23.0. The van der Waals surface area contributed by atoms with Gasteiger partial charge < -0.3 is 14.5 Å². The molecule has 174 valence electrons. The number of hydrogen-bond acceptors (Lipinski definition) is 6. The van der Waals surface area contributed by atoms with Crippen LogP contribution >= 0.6 is 0 Å². The van der Waals surface area contributed by atoms with E-state index in [-0.39, 0.29) is 6.10 Å². The first-order chi connectivity index (χ1) is 16.1. The molecule has 0 radical (unpaired) electrons. The van der Waals surface area contributed by atoms with Crippen LogP contribution in [0.15, 0.2) is 48.5 Å². The van der Waals surface area contributed by atoms with Crippen LogP contribution in [0.3, 0.4) is 0 Å². The van der Waals surface area contributed by atoms with Crippen molar-refractivity contribution in [3.05, 3.63) is 48.5 Å². The molecule has 0 saturated heterocycles. The zero-order valence-corrected chi connectivity index (χ0v) is 20.3. The summed E-state index contributed by atoms with van der Waals surface area (Å²) in [5.74, 6) is 0. The molecule has 1 aliphatic rings. The van der Waals surface area contributed by atoms with E-state index in [1.54, 1.807) is 0 Å². The third kappa shape index (κ3) is 5.44. The molecule has 0 atom stereocenters. The van der Waals surface area contributed by atoms with E-state index in [1.165, 1.54) is 24.9 Å². The van der Waals surface area contributed by atoms with Gasteiger partial charge in [0.15, 0.2) is 0 Å². The van der Waals surface area contributed by atoms with Crippen molar-refractivity contribution in [2.45, 2.75) is 52.1 Å². The summed E-state index contributed by atoms with van der Waals surface area (Å²) in [6.45, 7) is 6.31. The fourth-order valence-electron chi connectivity index (χ4n) is 4.43. The van der Waals surface area contributed by atoms with Crippen molar-refractivity contribution in [3.63, 3.8) is 0 Å². The van der Waals surface area contributed by atoms with Crippen LogP contribution in [0.25, 0.3) is 22.5 Å². The molecular weight excluding hydrogens is 410 g/mol. The molecule has 1 saturated carbocycles. The summed E-state index contributed by atoms with van der Waals surface area (Å²) in [6.07, 6.45) is 5.99. The molecule has 1 fully saturated rings. The summed E-state index contributed by atoms with van der Waals surface area (Å²) in [6, 6.07) is 17.3. The van der Waals surface area contributed by atoms with Crippen molar-refractivity contribution in [2.75, 3.05) is 37.0 Å². The minimum absolute atomic E-state index is 0.184. The molecule has 0 unspecified atom stereocenters. The minimum Gasteiger partial charge on any atom is -0.459 e. The van der Waals surface area contributed by atoms with Crippen molar-refractivity contribution in [1.29, 1.82) is 0 Å². The number of rotatable bonds is 8. The molecule has 1 aliphatic carbocycles. The topological polar surface area (TPSA) is 54.4 Å². The van der Waals surface area contributed by atoms with Gasteiger partial charge in [0, 0.05) is 49.7 Å². The molecule has 6 nitrogen and oxygen atoms in total. The molecule has 0 spiro atoms. The Morgan fingerprint density at radius 1 is 0.758 bits per heavy atom. The first-order valence-electron chi connectivity index (χ1n) is 12.1.